The summed E-state index contributed by atoms with van der Waals surface area (Å²) in [6, 6.07) is 12.3. The predicted molar refractivity (Wildman–Crippen MR) is 143 cm³/mol. The summed E-state index contributed by atoms with van der Waals surface area (Å²) < 4.78 is 20.2. The Bertz CT molecular complexity index is 1140. The number of nitrogens with one attached hydrogen (secondary N) is 2. The second-order valence-electron chi connectivity index (χ2n) is 8.00. The quantitative estimate of drug-likeness (QED) is 0.296. The topological polar surface area (TPSA) is 109 Å². The number of carbonyl (C=O) groups is 2. The van der Waals surface area contributed by atoms with E-state index in [1.165, 1.54) is 24.1 Å². The average Bonchev–Trinajstić information content (AvgIpc) is 3.23. The van der Waals surface area contributed by atoms with Gasteiger partial charge in [0.2, 0.25) is 5.91 Å². The molecule has 2 amide bonds. The van der Waals surface area contributed by atoms with Gasteiger partial charge in [-0.2, -0.15) is 0 Å². The van der Waals surface area contributed by atoms with Gasteiger partial charge in [-0.1, -0.05) is 30.8 Å². The summed E-state index contributed by atoms with van der Waals surface area (Å²) >= 11 is 1.56. The third-order valence-corrected chi connectivity index (χ3v) is 6.12. The fourth-order valence-corrected chi connectivity index (χ4v) is 4.11. The van der Waals surface area contributed by atoms with Crippen molar-refractivity contribution in [2.24, 2.45) is 10.7 Å². The van der Waals surface area contributed by atoms with Crippen LogP contribution in [-0.2, 0) is 16.1 Å². The maximum absolute atomic E-state index is 14.9. The van der Waals surface area contributed by atoms with Crippen molar-refractivity contribution in [3.05, 3.63) is 77.7 Å². The molecule has 10 heteroatoms. The summed E-state index contributed by atoms with van der Waals surface area (Å²) in [5.41, 5.74) is 7.93. The van der Waals surface area contributed by atoms with Gasteiger partial charge >= 0.3 is 6.09 Å². The lowest BCUT2D eigenvalue weighted by Gasteiger charge is -2.15. The van der Waals surface area contributed by atoms with Crippen molar-refractivity contribution in [2.45, 2.75) is 19.6 Å². The number of rotatable bonds is 12. The number of anilines is 1. The van der Waals surface area contributed by atoms with Crippen molar-refractivity contribution in [3.8, 4) is 11.1 Å². The van der Waals surface area contributed by atoms with Crippen LogP contribution in [0.3, 0.4) is 0 Å². The molecule has 1 heterocycles. The minimum atomic E-state index is -0.562. The number of benzene rings is 2. The van der Waals surface area contributed by atoms with Crippen molar-refractivity contribution in [2.75, 3.05) is 30.3 Å². The van der Waals surface area contributed by atoms with E-state index >= 15 is 0 Å². The number of nitrogens with two attached hydrogens (primary N) is 1. The first-order valence-corrected chi connectivity index (χ1v) is 12.4. The van der Waals surface area contributed by atoms with Gasteiger partial charge in [0, 0.05) is 37.5 Å². The zero-order chi connectivity index (χ0) is 25.9. The molecule has 4 N–H and O–H groups in total. The van der Waals surface area contributed by atoms with E-state index in [0.29, 0.717) is 17.8 Å². The molecular weight excluding hydrogens is 481 g/mol. The third kappa shape index (κ3) is 7.96. The van der Waals surface area contributed by atoms with Crippen LogP contribution >= 0.6 is 11.8 Å². The van der Waals surface area contributed by atoms with E-state index < -0.39 is 18.0 Å². The maximum Gasteiger partial charge on any atom is 0.414 e. The van der Waals surface area contributed by atoms with Crippen LogP contribution in [-0.4, -0.2) is 49.7 Å². The number of thioether (sulfide) groups is 1. The summed E-state index contributed by atoms with van der Waals surface area (Å²) in [6.45, 7) is 7.19. The minimum absolute atomic E-state index is 0.204. The second-order valence-corrected chi connectivity index (χ2v) is 9.16. The Balaban J connectivity index is 1.50. The monoisotopic (exact) mass is 511 g/mol. The van der Waals surface area contributed by atoms with Crippen molar-refractivity contribution >= 4 is 35.7 Å². The molecule has 1 aliphatic heterocycles. The summed E-state index contributed by atoms with van der Waals surface area (Å²) in [4.78, 5) is 28.8. The summed E-state index contributed by atoms with van der Waals surface area (Å²) in [5, 5.41) is 6.71. The van der Waals surface area contributed by atoms with Gasteiger partial charge in [-0.3, -0.25) is 14.7 Å². The van der Waals surface area contributed by atoms with Crippen LogP contribution < -0.4 is 21.3 Å². The molecule has 0 bridgehead atoms. The molecular formula is C26H30FN5O3S. The predicted octanol–water partition coefficient (Wildman–Crippen LogP) is 3.79. The van der Waals surface area contributed by atoms with Gasteiger partial charge in [0.05, 0.1) is 23.8 Å². The van der Waals surface area contributed by atoms with E-state index in [2.05, 4.69) is 22.2 Å². The van der Waals surface area contributed by atoms with Gasteiger partial charge in [-0.05, 0) is 41.6 Å². The first-order chi connectivity index (χ1) is 17.4. The van der Waals surface area contributed by atoms with Crippen molar-refractivity contribution < 1.29 is 18.7 Å². The Hall–Kier alpha value is -3.63. The number of cyclic esters (lactones) is 1. The van der Waals surface area contributed by atoms with Crippen LogP contribution in [0, 0.1) is 5.82 Å². The molecule has 0 spiro atoms. The van der Waals surface area contributed by atoms with Crippen molar-refractivity contribution in [3.63, 3.8) is 0 Å². The van der Waals surface area contributed by atoms with Gasteiger partial charge in [0.15, 0.2) is 0 Å². The van der Waals surface area contributed by atoms with Crippen LogP contribution in [0.5, 0.6) is 0 Å². The highest BCUT2D eigenvalue weighted by Gasteiger charge is 2.32. The first-order valence-electron chi connectivity index (χ1n) is 11.4. The summed E-state index contributed by atoms with van der Waals surface area (Å²) in [6.07, 6.45) is 3.62. The summed E-state index contributed by atoms with van der Waals surface area (Å²) in [5.74, 6) is 0.194. The molecule has 0 unspecified atom stereocenters. The number of hydrogen-bond donors (Lipinski definition) is 3. The SMILES string of the molecule is C=C(/N=C\C=C/N)SCCNCc1ccc(-c2ccc(N3C[C@H](CNC(C)=O)OC3=O)cc2F)cc1. The van der Waals surface area contributed by atoms with E-state index in [4.69, 9.17) is 10.5 Å². The Morgan fingerprint density at radius 1 is 1.33 bits per heavy atom. The van der Waals surface area contributed by atoms with Crippen LogP contribution in [0.15, 0.2) is 71.3 Å². The number of ether oxygens (including phenoxy) is 1. The molecule has 190 valence electrons. The molecule has 1 atom stereocenters. The lowest BCUT2D eigenvalue weighted by Crippen LogP contribution is -2.33. The lowest BCUT2D eigenvalue weighted by atomic mass is 10.0. The van der Waals surface area contributed by atoms with E-state index in [1.807, 2.05) is 24.3 Å². The molecule has 3 rings (SSSR count). The standard InChI is InChI=1S/C26H30FN5O3S/c1-18(33)31-16-23-17-32(26(34)35-23)22-8-9-24(25(27)14-22)21-6-4-20(5-7-21)15-29-12-13-36-19(2)30-11-3-10-28/h3-11,14,23,29H,2,12-13,15-17,28H2,1H3,(H,31,33)/b10-3-,30-11-/t23-/m0/s1. The van der Waals surface area contributed by atoms with Crippen LogP contribution in [0.1, 0.15) is 12.5 Å². The largest absolute Gasteiger partial charge is 0.442 e. The number of nitrogens with zero attached hydrogens (tertiary/aromatic N) is 2. The molecule has 8 nitrogen and oxygen atoms in total. The number of hydrogen-bond acceptors (Lipinski definition) is 7. The van der Waals surface area contributed by atoms with E-state index in [9.17, 15) is 14.0 Å². The Morgan fingerprint density at radius 3 is 2.81 bits per heavy atom. The van der Waals surface area contributed by atoms with E-state index in [1.54, 1.807) is 36.2 Å². The smallest absolute Gasteiger partial charge is 0.414 e. The lowest BCUT2D eigenvalue weighted by molar-refractivity contribution is -0.119. The van der Waals surface area contributed by atoms with Crippen LogP contribution in [0.2, 0.25) is 0 Å². The molecule has 2 aromatic rings. The molecule has 2 aromatic carbocycles. The fourth-order valence-electron chi connectivity index (χ4n) is 3.49. The highest BCUT2D eigenvalue weighted by atomic mass is 32.2. The highest BCUT2D eigenvalue weighted by molar-refractivity contribution is 8.03. The van der Waals surface area contributed by atoms with Gasteiger partial charge in [0.25, 0.3) is 0 Å². The Morgan fingerprint density at radius 2 is 2.11 bits per heavy atom. The number of carbonyl (C=O) groups excluding carboxylic acids is 2. The molecule has 0 saturated carbocycles. The zero-order valence-electron chi connectivity index (χ0n) is 20.1. The molecule has 0 aliphatic carbocycles. The van der Waals surface area contributed by atoms with Crippen LogP contribution in [0.25, 0.3) is 11.1 Å². The number of halogens is 1. The molecule has 1 aliphatic rings. The van der Waals surface area contributed by atoms with Gasteiger partial charge < -0.3 is 21.1 Å². The molecule has 1 saturated heterocycles. The number of amides is 2. The molecule has 0 aromatic heterocycles. The second kappa shape index (κ2) is 13.5. The molecule has 36 heavy (non-hydrogen) atoms. The third-order valence-electron chi connectivity index (χ3n) is 5.27. The minimum Gasteiger partial charge on any atom is -0.442 e. The maximum atomic E-state index is 14.9. The van der Waals surface area contributed by atoms with Crippen molar-refractivity contribution in [1.29, 1.82) is 0 Å². The molecule has 0 radical (unpaired) electrons. The average molecular weight is 512 g/mol. The van der Waals surface area contributed by atoms with Crippen LogP contribution in [0.4, 0.5) is 14.9 Å². The van der Waals surface area contributed by atoms with E-state index in [0.717, 1.165) is 28.5 Å². The van der Waals surface area contributed by atoms with E-state index in [-0.39, 0.29) is 19.0 Å². The Kier molecular flexibility index (Phi) is 10.1. The number of aliphatic imine (C=N–C) groups is 1. The van der Waals surface area contributed by atoms with Gasteiger partial charge in [-0.15, -0.1) is 11.8 Å². The summed E-state index contributed by atoms with van der Waals surface area (Å²) in [7, 11) is 0. The zero-order valence-corrected chi connectivity index (χ0v) is 20.9. The highest BCUT2D eigenvalue weighted by Crippen LogP contribution is 2.29. The van der Waals surface area contributed by atoms with Crippen molar-refractivity contribution in [1.82, 2.24) is 10.6 Å². The van der Waals surface area contributed by atoms with Gasteiger partial charge in [-0.25, -0.2) is 9.18 Å². The normalized spacial score (nSPS) is 15.6. The number of allylic oxidation sites excluding steroid dienone is 1. The van der Waals surface area contributed by atoms with Gasteiger partial charge in [0.1, 0.15) is 11.9 Å². The Labute approximate surface area is 214 Å². The fraction of sp³-hybridized carbons (Fsp3) is 0.269. The first kappa shape index (κ1) is 27.0. The molecule has 1 fully saturated rings.